The number of hydrogen-bond acceptors (Lipinski definition) is 4. The van der Waals surface area contributed by atoms with Gasteiger partial charge in [-0.05, 0) is 17.6 Å². The molecule has 0 unspecified atom stereocenters. The van der Waals surface area contributed by atoms with Crippen LogP contribution in [0.1, 0.15) is 0 Å². The fourth-order valence-corrected chi connectivity index (χ4v) is 2.04. The molecular formula is C11H15BN2O4. The van der Waals surface area contributed by atoms with Gasteiger partial charge < -0.3 is 25.0 Å². The molecular weight excluding hydrogens is 235 g/mol. The van der Waals surface area contributed by atoms with E-state index in [1.165, 1.54) is 4.90 Å². The average molecular weight is 250 g/mol. The Morgan fingerprint density at radius 1 is 1.17 bits per heavy atom. The highest BCUT2D eigenvalue weighted by atomic mass is 16.4. The fraction of sp³-hybridized carbons (Fsp3) is 0.364. The van der Waals surface area contributed by atoms with E-state index in [1.54, 1.807) is 18.2 Å². The lowest BCUT2D eigenvalue weighted by molar-refractivity contribution is 0.142. The molecule has 6 nitrogen and oxygen atoms in total. The Kier molecular flexibility index (Phi) is 3.73. The van der Waals surface area contributed by atoms with Gasteiger partial charge in [0.25, 0.3) is 0 Å². The van der Waals surface area contributed by atoms with Gasteiger partial charge in [0.05, 0.1) is 0 Å². The Labute approximate surface area is 105 Å². The summed E-state index contributed by atoms with van der Waals surface area (Å²) >= 11 is 0. The Morgan fingerprint density at radius 2 is 1.83 bits per heavy atom. The molecule has 1 heterocycles. The zero-order valence-corrected chi connectivity index (χ0v) is 9.86. The molecule has 1 saturated heterocycles. The Bertz CT molecular complexity index is 433. The summed E-state index contributed by atoms with van der Waals surface area (Å²) < 4.78 is 0. The Morgan fingerprint density at radius 3 is 2.39 bits per heavy atom. The number of carbonyl (C=O) groups is 1. The molecule has 1 amide bonds. The van der Waals surface area contributed by atoms with Gasteiger partial charge in [0.2, 0.25) is 0 Å². The first-order valence-corrected chi connectivity index (χ1v) is 5.77. The topological polar surface area (TPSA) is 84.2 Å². The van der Waals surface area contributed by atoms with Gasteiger partial charge in [0.1, 0.15) is 0 Å². The number of hydrogen-bond donors (Lipinski definition) is 3. The second-order valence-corrected chi connectivity index (χ2v) is 4.23. The predicted molar refractivity (Wildman–Crippen MR) is 68.1 cm³/mol. The first-order valence-electron chi connectivity index (χ1n) is 5.77. The number of anilines is 1. The van der Waals surface area contributed by atoms with Gasteiger partial charge in [-0.25, -0.2) is 4.79 Å². The lowest BCUT2D eigenvalue weighted by atomic mass is 9.80. The number of piperazine rings is 1. The van der Waals surface area contributed by atoms with Gasteiger partial charge in [-0.15, -0.1) is 0 Å². The van der Waals surface area contributed by atoms with Crippen LogP contribution in [0.2, 0.25) is 0 Å². The molecule has 0 bridgehead atoms. The van der Waals surface area contributed by atoms with Crippen molar-refractivity contribution in [3.8, 4) is 0 Å². The van der Waals surface area contributed by atoms with Crippen molar-refractivity contribution in [2.75, 3.05) is 31.1 Å². The first-order chi connectivity index (χ1) is 8.58. The largest absolute Gasteiger partial charge is 0.488 e. The van der Waals surface area contributed by atoms with E-state index in [-0.39, 0.29) is 0 Å². The van der Waals surface area contributed by atoms with Crippen LogP contribution in [0.15, 0.2) is 24.3 Å². The quantitative estimate of drug-likeness (QED) is 0.596. The minimum absolute atomic E-state index is 0.438. The van der Waals surface area contributed by atoms with Gasteiger partial charge in [-0.3, -0.25) is 0 Å². The van der Waals surface area contributed by atoms with Crippen molar-refractivity contribution in [3.63, 3.8) is 0 Å². The van der Waals surface area contributed by atoms with Crippen LogP contribution in [0.3, 0.4) is 0 Å². The molecule has 3 N–H and O–H groups in total. The molecule has 0 spiro atoms. The molecule has 1 aromatic carbocycles. The van der Waals surface area contributed by atoms with E-state index in [9.17, 15) is 4.79 Å². The summed E-state index contributed by atoms with van der Waals surface area (Å²) in [4.78, 5) is 14.2. The summed E-state index contributed by atoms with van der Waals surface area (Å²) in [5.41, 5.74) is 1.32. The van der Waals surface area contributed by atoms with Crippen molar-refractivity contribution in [2.24, 2.45) is 0 Å². The van der Waals surface area contributed by atoms with E-state index >= 15 is 0 Å². The predicted octanol–water partition coefficient (Wildman–Crippen LogP) is -0.834. The van der Waals surface area contributed by atoms with Crippen LogP contribution in [0.4, 0.5) is 10.5 Å². The number of amides is 1. The van der Waals surface area contributed by atoms with Crippen molar-refractivity contribution in [1.29, 1.82) is 0 Å². The Hall–Kier alpha value is -1.73. The normalized spacial score (nSPS) is 15.7. The van der Waals surface area contributed by atoms with E-state index in [2.05, 4.69) is 0 Å². The Balaban J connectivity index is 2.05. The maximum absolute atomic E-state index is 10.8. The van der Waals surface area contributed by atoms with Crippen LogP contribution in [-0.2, 0) is 0 Å². The van der Waals surface area contributed by atoms with Crippen LogP contribution < -0.4 is 10.4 Å². The van der Waals surface area contributed by atoms with Gasteiger partial charge in [-0.2, -0.15) is 0 Å². The summed E-state index contributed by atoms with van der Waals surface area (Å²) in [6.45, 7) is 2.14. The molecule has 2 rings (SSSR count). The molecule has 7 heteroatoms. The summed E-state index contributed by atoms with van der Waals surface area (Å²) in [6, 6.07) is 6.98. The monoisotopic (exact) mass is 250 g/mol. The molecule has 0 saturated carbocycles. The molecule has 18 heavy (non-hydrogen) atoms. The maximum atomic E-state index is 10.8. The van der Waals surface area contributed by atoms with Gasteiger partial charge in [-0.1, -0.05) is 12.1 Å². The average Bonchev–Trinajstić information content (AvgIpc) is 2.39. The third-order valence-corrected chi connectivity index (χ3v) is 3.08. The molecule has 96 valence electrons. The molecule has 1 fully saturated rings. The highest BCUT2D eigenvalue weighted by Crippen LogP contribution is 2.14. The van der Waals surface area contributed by atoms with Crippen molar-refractivity contribution in [1.82, 2.24) is 4.90 Å². The SMILES string of the molecule is O=C(O)N1CCN(c2cccc(B(O)O)c2)CC1. The zero-order valence-electron chi connectivity index (χ0n) is 9.86. The minimum Gasteiger partial charge on any atom is -0.465 e. The highest BCUT2D eigenvalue weighted by Gasteiger charge is 2.21. The standard InChI is InChI=1S/C11H15BN2O4/c15-11(16)14-6-4-13(5-7-14)10-3-1-2-9(8-10)12(17)18/h1-3,8,17-18H,4-7H2,(H,15,16). The van der Waals surface area contributed by atoms with E-state index < -0.39 is 13.2 Å². The molecule has 0 atom stereocenters. The van der Waals surface area contributed by atoms with Crippen molar-refractivity contribution < 1.29 is 19.9 Å². The molecule has 0 aliphatic carbocycles. The lowest BCUT2D eigenvalue weighted by Gasteiger charge is -2.34. The number of nitrogens with zero attached hydrogens (tertiary/aromatic N) is 2. The second kappa shape index (κ2) is 5.28. The van der Waals surface area contributed by atoms with E-state index in [0.29, 0.717) is 31.6 Å². The summed E-state index contributed by atoms with van der Waals surface area (Å²) in [7, 11) is -1.48. The van der Waals surface area contributed by atoms with E-state index in [4.69, 9.17) is 15.2 Å². The summed E-state index contributed by atoms with van der Waals surface area (Å²) in [5, 5.41) is 27.1. The van der Waals surface area contributed by atoms with E-state index in [1.807, 2.05) is 11.0 Å². The van der Waals surface area contributed by atoms with Crippen molar-refractivity contribution in [3.05, 3.63) is 24.3 Å². The lowest BCUT2D eigenvalue weighted by Crippen LogP contribution is -2.48. The van der Waals surface area contributed by atoms with Crippen LogP contribution in [0, 0.1) is 0 Å². The van der Waals surface area contributed by atoms with Gasteiger partial charge in [0, 0.05) is 31.9 Å². The minimum atomic E-state index is -1.48. The van der Waals surface area contributed by atoms with Crippen molar-refractivity contribution in [2.45, 2.75) is 0 Å². The number of rotatable bonds is 2. The molecule has 0 aromatic heterocycles. The first kappa shape index (κ1) is 12.7. The van der Waals surface area contributed by atoms with Crippen molar-refractivity contribution >= 4 is 24.4 Å². The third kappa shape index (κ3) is 2.74. The molecule has 0 radical (unpaired) electrons. The zero-order chi connectivity index (χ0) is 13.1. The number of benzene rings is 1. The van der Waals surface area contributed by atoms with Crippen LogP contribution in [-0.4, -0.2) is 59.4 Å². The molecule has 1 aliphatic rings. The smallest absolute Gasteiger partial charge is 0.465 e. The van der Waals surface area contributed by atoms with Gasteiger partial charge >= 0.3 is 13.2 Å². The summed E-state index contributed by atoms with van der Waals surface area (Å²) in [5.74, 6) is 0. The third-order valence-electron chi connectivity index (χ3n) is 3.08. The highest BCUT2D eigenvalue weighted by molar-refractivity contribution is 6.58. The van der Waals surface area contributed by atoms with Crippen LogP contribution in [0.25, 0.3) is 0 Å². The number of carboxylic acid groups (broad SMARTS) is 1. The summed E-state index contributed by atoms with van der Waals surface area (Å²) in [6.07, 6.45) is -0.894. The second-order valence-electron chi connectivity index (χ2n) is 4.23. The molecule has 1 aliphatic heterocycles. The van der Waals surface area contributed by atoms with E-state index in [0.717, 1.165) is 5.69 Å². The van der Waals surface area contributed by atoms with Gasteiger partial charge in [0.15, 0.2) is 0 Å². The maximum Gasteiger partial charge on any atom is 0.488 e. The molecule has 1 aromatic rings. The fourth-order valence-electron chi connectivity index (χ4n) is 2.04. The van der Waals surface area contributed by atoms with Crippen LogP contribution >= 0.6 is 0 Å². The van der Waals surface area contributed by atoms with Crippen LogP contribution in [0.5, 0.6) is 0 Å².